The molecule has 3 aromatic carbocycles. The van der Waals surface area contributed by atoms with Crippen LogP contribution in [0.15, 0.2) is 60.7 Å². The largest absolute Gasteiger partial charge is 0.497 e. The van der Waals surface area contributed by atoms with Crippen molar-refractivity contribution in [3.63, 3.8) is 0 Å². The third-order valence-electron chi connectivity index (χ3n) is 5.09. The van der Waals surface area contributed by atoms with Gasteiger partial charge in [-0.15, -0.1) is 0 Å². The summed E-state index contributed by atoms with van der Waals surface area (Å²) in [4.78, 5) is 11.4. The molecule has 3 aromatic rings. The maximum Gasteiger partial charge on any atom is 0.335 e. The summed E-state index contributed by atoms with van der Waals surface area (Å²) in [6.07, 6.45) is 0. The fourth-order valence-corrected chi connectivity index (χ4v) is 3.32. The van der Waals surface area contributed by atoms with Gasteiger partial charge in [0.2, 0.25) is 0 Å². The molecule has 0 amide bonds. The van der Waals surface area contributed by atoms with Crippen LogP contribution < -0.4 is 14.8 Å². The molecule has 0 saturated carbocycles. The Labute approximate surface area is 181 Å². The number of benzene rings is 3. The van der Waals surface area contributed by atoms with Gasteiger partial charge in [0.15, 0.2) is 0 Å². The monoisotopic (exact) mass is 423 g/mol. The molecule has 0 fully saturated rings. The minimum Gasteiger partial charge on any atom is -0.497 e. The van der Waals surface area contributed by atoms with E-state index in [1.54, 1.807) is 38.3 Å². The van der Waals surface area contributed by atoms with E-state index >= 15 is 0 Å². The Morgan fingerprint density at radius 2 is 1.87 bits per heavy atom. The summed E-state index contributed by atoms with van der Waals surface area (Å²) in [6, 6.07) is 17.4. The van der Waals surface area contributed by atoms with Gasteiger partial charge in [-0.25, -0.2) is 9.18 Å². The molecule has 3 rings (SSSR count). The Bertz CT molecular complexity index is 1070. The first-order valence-electron chi connectivity index (χ1n) is 10.0. The molecule has 162 valence electrons. The number of hydrogen-bond donors (Lipinski definition) is 2. The van der Waals surface area contributed by atoms with Gasteiger partial charge in [0.1, 0.15) is 23.9 Å². The number of nitrogens with one attached hydrogen (secondary N) is 1. The lowest BCUT2D eigenvalue weighted by Crippen LogP contribution is -2.24. The Balaban J connectivity index is 1.63. The lowest BCUT2D eigenvalue weighted by atomic mass is 9.99. The summed E-state index contributed by atoms with van der Waals surface area (Å²) >= 11 is 0. The molecule has 31 heavy (non-hydrogen) atoms. The number of carboxylic acid groups (broad SMARTS) is 1. The number of halogens is 1. The lowest BCUT2D eigenvalue weighted by Gasteiger charge is -2.16. The standard InChI is InChI=1S/C25H26FNO4/c1-16-7-8-19(14-24(16)25(28)29)20-11-21(26)15-23(13-20)31-10-9-27-17(2)18-5-4-6-22(12-18)30-3/h4-8,11-15,17,27H,9-10H2,1-3H3,(H,28,29). The predicted molar refractivity (Wildman–Crippen MR) is 118 cm³/mol. The van der Waals surface area contributed by atoms with Crippen LogP contribution in [-0.4, -0.2) is 31.3 Å². The summed E-state index contributed by atoms with van der Waals surface area (Å²) < 4.78 is 25.1. The Morgan fingerprint density at radius 1 is 1.06 bits per heavy atom. The number of aromatic carboxylic acids is 1. The van der Waals surface area contributed by atoms with Crippen LogP contribution in [0.25, 0.3) is 11.1 Å². The zero-order valence-corrected chi connectivity index (χ0v) is 17.8. The molecule has 0 aliphatic rings. The third kappa shape index (κ3) is 5.83. The molecule has 5 nitrogen and oxygen atoms in total. The van der Waals surface area contributed by atoms with E-state index in [1.165, 1.54) is 12.1 Å². The molecular weight excluding hydrogens is 397 g/mol. The average molecular weight is 423 g/mol. The first-order valence-corrected chi connectivity index (χ1v) is 10.0. The fraction of sp³-hybridized carbons (Fsp3) is 0.240. The molecule has 0 heterocycles. The summed E-state index contributed by atoms with van der Waals surface area (Å²) in [6.45, 7) is 4.70. The van der Waals surface area contributed by atoms with Gasteiger partial charge < -0.3 is 19.9 Å². The van der Waals surface area contributed by atoms with E-state index in [1.807, 2.05) is 31.2 Å². The molecule has 2 N–H and O–H groups in total. The van der Waals surface area contributed by atoms with Crippen LogP contribution in [0.1, 0.15) is 34.5 Å². The predicted octanol–water partition coefficient (Wildman–Crippen LogP) is 5.24. The first-order chi connectivity index (χ1) is 14.9. The Morgan fingerprint density at radius 3 is 2.61 bits per heavy atom. The van der Waals surface area contributed by atoms with Crippen molar-refractivity contribution in [1.29, 1.82) is 0 Å². The highest BCUT2D eigenvalue weighted by Gasteiger charge is 2.11. The highest BCUT2D eigenvalue weighted by molar-refractivity contribution is 5.91. The molecule has 0 saturated heterocycles. The second kappa shape index (κ2) is 10.1. The molecule has 0 bridgehead atoms. The van der Waals surface area contributed by atoms with Crippen molar-refractivity contribution in [1.82, 2.24) is 5.32 Å². The van der Waals surface area contributed by atoms with Gasteiger partial charge in [-0.3, -0.25) is 0 Å². The maximum absolute atomic E-state index is 14.2. The van der Waals surface area contributed by atoms with Gasteiger partial charge in [0, 0.05) is 18.7 Å². The summed E-state index contributed by atoms with van der Waals surface area (Å²) in [5.41, 5.74) is 3.13. The smallest absolute Gasteiger partial charge is 0.335 e. The van der Waals surface area contributed by atoms with Gasteiger partial charge in [0.05, 0.1) is 12.7 Å². The van der Waals surface area contributed by atoms with E-state index < -0.39 is 11.8 Å². The second-order valence-corrected chi connectivity index (χ2v) is 7.31. The van der Waals surface area contributed by atoms with Crippen molar-refractivity contribution in [2.75, 3.05) is 20.3 Å². The van der Waals surface area contributed by atoms with E-state index in [2.05, 4.69) is 5.32 Å². The van der Waals surface area contributed by atoms with E-state index in [0.29, 0.717) is 35.6 Å². The number of ether oxygens (including phenoxy) is 2. The van der Waals surface area contributed by atoms with Gasteiger partial charge in [-0.1, -0.05) is 24.3 Å². The van der Waals surface area contributed by atoms with Crippen LogP contribution in [0.4, 0.5) is 4.39 Å². The maximum atomic E-state index is 14.2. The summed E-state index contributed by atoms with van der Waals surface area (Å²) in [5, 5.41) is 12.7. The molecular formula is C25H26FNO4. The van der Waals surface area contributed by atoms with Crippen molar-refractivity contribution >= 4 is 5.97 Å². The normalized spacial score (nSPS) is 11.7. The van der Waals surface area contributed by atoms with E-state index in [0.717, 1.165) is 11.3 Å². The quantitative estimate of drug-likeness (QED) is 0.461. The van der Waals surface area contributed by atoms with Crippen molar-refractivity contribution in [2.45, 2.75) is 19.9 Å². The third-order valence-corrected chi connectivity index (χ3v) is 5.09. The molecule has 1 unspecified atom stereocenters. The van der Waals surface area contributed by atoms with Gasteiger partial charge in [-0.05, 0) is 66.4 Å². The highest BCUT2D eigenvalue weighted by Crippen LogP contribution is 2.27. The molecule has 0 radical (unpaired) electrons. The number of rotatable bonds is 9. The lowest BCUT2D eigenvalue weighted by molar-refractivity contribution is 0.0696. The zero-order chi connectivity index (χ0) is 22.4. The Hall–Kier alpha value is -3.38. The van der Waals surface area contributed by atoms with Crippen molar-refractivity contribution in [3.05, 3.63) is 83.2 Å². The van der Waals surface area contributed by atoms with Crippen LogP contribution in [-0.2, 0) is 0 Å². The number of carbonyl (C=O) groups is 1. The molecule has 0 spiro atoms. The molecule has 1 atom stereocenters. The van der Waals surface area contributed by atoms with Crippen molar-refractivity contribution in [2.24, 2.45) is 0 Å². The number of carboxylic acids is 1. The first kappa shape index (κ1) is 22.3. The van der Waals surface area contributed by atoms with Crippen LogP contribution in [0.2, 0.25) is 0 Å². The van der Waals surface area contributed by atoms with Crippen LogP contribution >= 0.6 is 0 Å². The molecule has 6 heteroatoms. The summed E-state index contributed by atoms with van der Waals surface area (Å²) in [7, 11) is 1.64. The van der Waals surface area contributed by atoms with Gasteiger partial charge in [0.25, 0.3) is 0 Å². The summed E-state index contributed by atoms with van der Waals surface area (Å²) in [5.74, 6) is -0.258. The van der Waals surface area contributed by atoms with Gasteiger partial charge >= 0.3 is 5.97 Å². The van der Waals surface area contributed by atoms with E-state index in [9.17, 15) is 14.3 Å². The Kier molecular flexibility index (Phi) is 7.26. The fourth-order valence-electron chi connectivity index (χ4n) is 3.32. The number of hydrogen-bond acceptors (Lipinski definition) is 4. The topological polar surface area (TPSA) is 67.8 Å². The minimum atomic E-state index is -1.01. The minimum absolute atomic E-state index is 0.101. The molecule has 0 aromatic heterocycles. The van der Waals surface area contributed by atoms with Gasteiger partial charge in [-0.2, -0.15) is 0 Å². The highest BCUT2D eigenvalue weighted by atomic mass is 19.1. The average Bonchev–Trinajstić information content (AvgIpc) is 2.76. The van der Waals surface area contributed by atoms with E-state index in [-0.39, 0.29) is 11.6 Å². The van der Waals surface area contributed by atoms with Crippen molar-refractivity contribution < 1.29 is 23.8 Å². The van der Waals surface area contributed by atoms with Crippen LogP contribution in [0, 0.1) is 12.7 Å². The van der Waals surface area contributed by atoms with Crippen molar-refractivity contribution in [3.8, 4) is 22.6 Å². The second-order valence-electron chi connectivity index (χ2n) is 7.31. The SMILES string of the molecule is COc1cccc(C(C)NCCOc2cc(F)cc(-c3ccc(C)c(C(=O)O)c3)c2)c1. The van der Waals surface area contributed by atoms with E-state index in [4.69, 9.17) is 9.47 Å². The molecule has 0 aliphatic heterocycles. The van der Waals surface area contributed by atoms with Crippen LogP contribution in [0.5, 0.6) is 11.5 Å². The number of methoxy groups -OCH3 is 1. The molecule has 0 aliphatic carbocycles. The number of aryl methyl sites for hydroxylation is 1. The zero-order valence-electron chi connectivity index (χ0n) is 17.8. The van der Waals surface area contributed by atoms with Crippen LogP contribution in [0.3, 0.4) is 0 Å².